The van der Waals surface area contributed by atoms with Gasteiger partial charge in [-0.3, -0.25) is 0 Å². The van der Waals surface area contributed by atoms with Gasteiger partial charge >= 0.3 is 0 Å². The fourth-order valence-electron chi connectivity index (χ4n) is 2.78. The van der Waals surface area contributed by atoms with Crippen LogP contribution in [0.25, 0.3) is 21.9 Å². The first-order chi connectivity index (χ1) is 11.7. The van der Waals surface area contributed by atoms with Gasteiger partial charge in [-0.05, 0) is 49.4 Å². The number of rotatable bonds is 3. The van der Waals surface area contributed by atoms with Crippen LogP contribution in [0.5, 0.6) is 0 Å². The molecule has 4 aromatic rings. The molecule has 0 unspecified atom stereocenters. The fraction of sp³-hybridized carbons (Fsp3) is 0.100. The minimum absolute atomic E-state index is 0.000677. The Morgan fingerprint density at radius 3 is 2.75 bits per heavy atom. The summed E-state index contributed by atoms with van der Waals surface area (Å²) in [6.45, 7) is 2.04. The summed E-state index contributed by atoms with van der Waals surface area (Å²) in [6.07, 6.45) is 0. The number of fused-ring (bicyclic) bond motifs is 2. The van der Waals surface area contributed by atoms with Crippen molar-refractivity contribution in [2.24, 2.45) is 0 Å². The summed E-state index contributed by atoms with van der Waals surface area (Å²) < 4.78 is 5.89. The Morgan fingerprint density at radius 2 is 1.92 bits per heavy atom. The number of para-hydroxylation sites is 1. The summed E-state index contributed by atoms with van der Waals surface area (Å²) >= 11 is 0. The molecule has 0 aliphatic heterocycles. The molecule has 2 aromatic carbocycles. The van der Waals surface area contributed by atoms with Crippen molar-refractivity contribution in [1.82, 2.24) is 4.98 Å². The molecule has 0 spiro atoms. The van der Waals surface area contributed by atoms with E-state index in [0.717, 1.165) is 33.5 Å². The van der Waals surface area contributed by atoms with Crippen LogP contribution in [0.4, 0.5) is 5.82 Å². The Labute approximate surface area is 139 Å². The minimum atomic E-state index is 0.000677. The van der Waals surface area contributed by atoms with Crippen LogP contribution in [0.2, 0.25) is 0 Å². The molecule has 4 heteroatoms. The zero-order valence-corrected chi connectivity index (χ0v) is 13.2. The first kappa shape index (κ1) is 14.3. The van der Waals surface area contributed by atoms with Gasteiger partial charge in [0.2, 0.25) is 0 Å². The lowest BCUT2D eigenvalue weighted by molar-refractivity contribution is 0.525. The van der Waals surface area contributed by atoms with Gasteiger partial charge in [0, 0.05) is 10.8 Å². The first-order valence-corrected chi connectivity index (χ1v) is 7.79. The molecule has 1 N–H and O–H groups in total. The van der Waals surface area contributed by atoms with Gasteiger partial charge in [-0.2, -0.15) is 5.26 Å². The minimum Gasteiger partial charge on any atom is -0.459 e. The zero-order chi connectivity index (χ0) is 16.5. The lowest BCUT2D eigenvalue weighted by Gasteiger charge is -2.12. The van der Waals surface area contributed by atoms with E-state index in [1.54, 1.807) is 6.07 Å². The molecule has 2 aromatic heterocycles. The largest absolute Gasteiger partial charge is 0.459 e. The van der Waals surface area contributed by atoms with E-state index in [0.29, 0.717) is 5.56 Å². The quantitative estimate of drug-likeness (QED) is 0.576. The molecule has 0 bridgehead atoms. The smallest absolute Gasteiger partial charge is 0.134 e. The van der Waals surface area contributed by atoms with Gasteiger partial charge in [-0.1, -0.05) is 18.2 Å². The molecule has 0 aliphatic carbocycles. The molecule has 2 heterocycles. The van der Waals surface area contributed by atoms with Gasteiger partial charge in [-0.15, -0.1) is 0 Å². The number of hydrogen-bond acceptors (Lipinski definition) is 4. The molecule has 4 nitrogen and oxygen atoms in total. The Kier molecular flexibility index (Phi) is 3.40. The van der Waals surface area contributed by atoms with Gasteiger partial charge < -0.3 is 9.73 Å². The Morgan fingerprint density at radius 1 is 1.04 bits per heavy atom. The van der Waals surface area contributed by atoms with Crippen molar-refractivity contribution in [1.29, 1.82) is 5.26 Å². The van der Waals surface area contributed by atoms with Crippen molar-refractivity contribution in [2.45, 2.75) is 13.0 Å². The number of nitriles is 1. The summed E-state index contributed by atoms with van der Waals surface area (Å²) in [5.74, 6) is 1.65. The second-order valence-corrected chi connectivity index (χ2v) is 5.77. The van der Waals surface area contributed by atoms with E-state index in [-0.39, 0.29) is 6.04 Å². The van der Waals surface area contributed by atoms with Crippen molar-refractivity contribution in [3.8, 4) is 6.07 Å². The topological polar surface area (TPSA) is 61.9 Å². The molecule has 0 radical (unpaired) electrons. The summed E-state index contributed by atoms with van der Waals surface area (Å²) in [5.41, 5.74) is 2.38. The maximum absolute atomic E-state index is 8.96. The van der Waals surface area contributed by atoms with Crippen molar-refractivity contribution < 1.29 is 4.42 Å². The number of furan rings is 1. The van der Waals surface area contributed by atoms with Gasteiger partial charge in [-0.25, -0.2) is 4.98 Å². The monoisotopic (exact) mass is 313 g/mol. The Bertz CT molecular complexity index is 1040. The Balaban J connectivity index is 1.62. The van der Waals surface area contributed by atoms with Gasteiger partial charge in [0.05, 0.1) is 23.2 Å². The molecule has 0 aliphatic rings. The van der Waals surface area contributed by atoms with E-state index >= 15 is 0 Å². The highest BCUT2D eigenvalue weighted by Crippen LogP contribution is 2.26. The second kappa shape index (κ2) is 5.71. The van der Waals surface area contributed by atoms with Gasteiger partial charge in [0.15, 0.2) is 0 Å². The number of aromatic nitrogens is 1. The van der Waals surface area contributed by atoms with E-state index in [1.807, 2.05) is 61.5 Å². The molecule has 0 saturated carbocycles. The average molecular weight is 313 g/mol. The molecule has 116 valence electrons. The zero-order valence-electron chi connectivity index (χ0n) is 13.2. The molecule has 0 fully saturated rings. The highest BCUT2D eigenvalue weighted by molar-refractivity contribution is 5.82. The molecule has 4 rings (SSSR count). The standard InChI is InChI=1S/C20H15N3O/c1-13(19-11-16-4-2-3-5-18(16)24-19)22-20-9-7-15-10-14(12-21)6-8-17(15)23-20/h2-11,13H,1H3,(H,22,23)/t13-/m1/s1. The van der Waals surface area contributed by atoms with Crippen molar-refractivity contribution in [3.63, 3.8) is 0 Å². The molecule has 0 saturated heterocycles. The third kappa shape index (κ3) is 2.57. The lowest BCUT2D eigenvalue weighted by Crippen LogP contribution is -2.06. The maximum atomic E-state index is 8.96. The molecular formula is C20H15N3O. The highest BCUT2D eigenvalue weighted by Gasteiger charge is 2.12. The number of hydrogen-bond donors (Lipinski definition) is 1. The van der Waals surface area contributed by atoms with E-state index in [9.17, 15) is 0 Å². The SMILES string of the molecule is C[C@@H](Nc1ccc2cc(C#N)ccc2n1)c1cc2ccccc2o1. The summed E-state index contributed by atoms with van der Waals surface area (Å²) in [7, 11) is 0. The van der Waals surface area contributed by atoms with Crippen LogP contribution in [0, 0.1) is 11.3 Å². The van der Waals surface area contributed by atoms with Crippen molar-refractivity contribution in [3.05, 3.63) is 72.0 Å². The number of anilines is 1. The number of nitrogens with zero attached hydrogens (tertiary/aromatic N) is 2. The van der Waals surface area contributed by atoms with Gasteiger partial charge in [0.25, 0.3) is 0 Å². The average Bonchev–Trinajstić information content (AvgIpc) is 3.05. The van der Waals surface area contributed by atoms with E-state index < -0.39 is 0 Å². The highest BCUT2D eigenvalue weighted by atomic mass is 16.3. The lowest BCUT2D eigenvalue weighted by atomic mass is 10.1. The third-order valence-electron chi connectivity index (χ3n) is 4.05. The first-order valence-electron chi connectivity index (χ1n) is 7.79. The van der Waals surface area contributed by atoms with Crippen LogP contribution in [0.15, 0.2) is 65.1 Å². The van der Waals surface area contributed by atoms with E-state index in [2.05, 4.69) is 16.4 Å². The van der Waals surface area contributed by atoms with E-state index in [4.69, 9.17) is 9.68 Å². The predicted octanol–water partition coefficient (Wildman–Crippen LogP) is 5.03. The van der Waals surface area contributed by atoms with Crippen molar-refractivity contribution in [2.75, 3.05) is 5.32 Å². The van der Waals surface area contributed by atoms with Crippen molar-refractivity contribution >= 4 is 27.7 Å². The van der Waals surface area contributed by atoms with Crippen LogP contribution in [-0.4, -0.2) is 4.98 Å². The normalized spacial score (nSPS) is 12.2. The molecule has 0 amide bonds. The molecule has 1 atom stereocenters. The number of nitrogens with one attached hydrogen (secondary N) is 1. The van der Waals surface area contributed by atoms with Gasteiger partial charge in [0.1, 0.15) is 17.2 Å². The number of benzene rings is 2. The Hall–Kier alpha value is -3.32. The maximum Gasteiger partial charge on any atom is 0.134 e. The summed E-state index contributed by atoms with van der Waals surface area (Å²) in [5, 5.41) is 14.4. The van der Waals surface area contributed by atoms with Crippen LogP contribution in [0.1, 0.15) is 24.3 Å². The summed E-state index contributed by atoms with van der Waals surface area (Å²) in [6, 6.07) is 21.5. The third-order valence-corrected chi connectivity index (χ3v) is 4.05. The predicted molar refractivity (Wildman–Crippen MR) is 94.7 cm³/mol. The number of pyridine rings is 1. The van der Waals surface area contributed by atoms with E-state index in [1.165, 1.54) is 0 Å². The fourth-order valence-corrected chi connectivity index (χ4v) is 2.78. The van der Waals surface area contributed by atoms with Crippen LogP contribution in [0.3, 0.4) is 0 Å². The van der Waals surface area contributed by atoms with Crippen LogP contribution in [-0.2, 0) is 0 Å². The molecular weight excluding hydrogens is 298 g/mol. The van der Waals surface area contributed by atoms with Crippen LogP contribution >= 0.6 is 0 Å². The molecule has 24 heavy (non-hydrogen) atoms. The van der Waals surface area contributed by atoms with Crippen LogP contribution < -0.4 is 5.32 Å². The summed E-state index contributed by atoms with van der Waals surface area (Å²) in [4.78, 5) is 4.61. The second-order valence-electron chi connectivity index (χ2n) is 5.77.